The van der Waals surface area contributed by atoms with Gasteiger partial charge in [-0.2, -0.15) is 0 Å². The monoisotopic (exact) mass is 321 g/mol. The van der Waals surface area contributed by atoms with Crippen LogP contribution in [-0.4, -0.2) is 21.5 Å². The molecule has 0 aliphatic carbocycles. The Morgan fingerprint density at radius 2 is 2.19 bits per heavy atom. The Bertz CT molecular complexity index is 767. The standard InChI is InChI=1S/C15H16ClN3OS/c1-10(11-5-3-4-6-12(11)16)18(2)14-13(9-20)19-7-8-21-15(19)17-14/h3-8,10,20H,9H2,1-2H3. The predicted molar refractivity (Wildman–Crippen MR) is 87.3 cm³/mol. The minimum absolute atomic E-state index is 0.0488. The summed E-state index contributed by atoms with van der Waals surface area (Å²) < 4.78 is 1.93. The van der Waals surface area contributed by atoms with E-state index in [4.69, 9.17) is 11.6 Å². The van der Waals surface area contributed by atoms with E-state index in [0.29, 0.717) is 0 Å². The number of aliphatic hydroxyl groups is 1. The zero-order chi connectivity index (χ0) is 15.0. The summed E-state index contributed by atoms with van der Waals surface area (Å²) in [6.45, 7) is 2.03. The van der Waals surface area contributed by atoms with E-state index in [1.165, 1.54) is 0 Å². The van der Waals surface area contributed by atoms with E-state index in [9.17, 15) is 5.11 Å². The lowest BCUT2D eigenvalue weighted by Crippen LogP contribution is -2.23. The number of thiazole rings is 1. The lowest BCUT2D eigenvalue weighted by atomic mass is 10.1. The largest absolute Gasteiger partial charge is 0.390 e. The predicted octanol–water partition coefficient (Wildman–Crippen LogP) is 3.74. The van der Waals surface area contributed by atoms with Gasteiger partial charge in [0, 0.05) is 23.6 Å². The fraction of sp³-hybridized carbons (Fsp3) is 0.267. The number of fused-ring (bicyclic) bond motifs is 1. The van der Waals surface area contributed by atoms with Crippen LogP contribution in [0.5, 0.6) is 0 Å². The second kappa shape index (κ2) is 5.67. The van der Waals surface area contributed by atoms with Gasteiger partial charge in [0.05, 0.1) is 18.3 Å². The molecule has 6 heteroatoms. The topological polar surface area (TPSA) is 40.8 Å². The van der Waals surface area contributed by atoms with Gasteiger partial charge < -0.3 is 10.0 Å². The summed E-state index contributed by atoms with van der Waals surface area (Å²) >= 11 is 7.84. The van der Waals surface area contributed by atoms with Crippen LogP contribution in [-0.2, 0) is 6.61 Å². The van der Waals surface area contributed by atoms with Crippen LogP contribution in [0, 0.1) is 0 Å². The molecule has 0 bridgehead atoms. The third-order valence-electron chi connectivity index (χ3n) is 3.76. The third-order valence-corrected chi connectivity index (χ3v) is 4.86. The molecule has 0 aliphatic heterocycles. The number of aliphatic hydroxyl groups excluding tert-OH is 1. The molecule has 2 aromatic heterocycles. The highest BCUT2D eigenvalue weighted by molar-refractivity contribution is 7.15. The number of anilines is 1. The fourth-order valence-electron chi connectivity index (χ4n) is 2.46. The molecular formula is C15H16ClN3OS. The van der Waals surface area contributed by atoms with Crippen LogP contribution in [0.1, 0.15) is 24.2 Å². The van der Waals surface area contributed by atoms with Crippen molar-refractivity contribution < 1.29 is 5.11 Å². The van der Waals surface area contributed by atoms with Gasteiger partial charge in [0.25, 0.3) is 0 Å². The summed E-state index contributed by atoms with van der Waals surface area (Å²) in [5.41, 5.74) is 1.84. The molecular weight excluding hydrogens is 306 g/mol. The molecule has 0 spiro atoms. The van der Waals surface area contributed by atoms with Crippen LogP contribution in [0.2, 0.25) is 5.02 Å². The maximum Gasteiger partial charge on any atom is 0.195 e. The summed E-state index contributed by atoms with van der Waals surface area (Å²) in [5, 5.41) is 12.4. The van der Waals surface area contributed by atoms with Crippen molar-refractivity contribution in [2.24, 2.45) is 0 Å². The second-order valence-electron chi connectivity index (χ2n) is 4.90. The Hall–Kier alpha value is -1.56. The van der Waals surface area contributed by atoms with Crippen LogP contribution < -0.4 is 4.90 Å². The van der Waals surface area contributed by atoms with Crippen molar-refractivity contribution >= 4 is 33.7 Å². The molecule has 1 N–H and O–H groups in total. The first-order valence-corrected chi connectivity index (χ1v) is 7.91. The number of rotatable bonds is 4. The van der Waals surface area contributed by atoms with Gasteiger partial charge in [-0.15, -0.1) is 11.3 Å². The smallest absolute Gasteiger partial charge is 0.195 e. The van der Waals surface area contributed by atoms with Crippen LogP contribution in [0.4, 0.5) is 5.82 Å². The van der Waals surface area contributed by atoms with Gasteiger partial charge in [0.1, 0.15) is 0 Å². The number of benzene rings is 1. The Balaban J connectivity index is 2.02. The van der Waals surface area contributed by atoms with Crippen molar-refractivity contribution in [3.8, 4) is 0 Å². The highest BCUT2D eigenvalue weighted by Gasteiger charge is 2.21. The Morgan fingerprint density at radius 1 is 1.43 bits per heavy atom. The fourth-order valence-corrected chi connectivity index (χ4v) is 3.48. The molecule has 0 fully saturated rings. The Labute approximate surface area is 132 Å². The van der Waals surface area contributed by atoms with Crippen molar-refractivity contribution in [1.82, 2.24) is 9.38 Å². The average molecular weight is 322 g/mol. The van der Waals surface area contributed by atoms with Gasteiger partial charge in [-0.05, 0) is 18.6 Å². The van der Waals surface area contributed by atoms with E-state index < -0.39 is 0 Å². The first kappa shape index (κ1) is 14.4. The highest BCUT2D eigenvalue weighted by Crippen LogP contribution is 2.32. The zero-order valence-corrected chi connectivity index (χ0v) is 13.4. The zero-order valence-electron chi connectivity index (χ0n) is 11.8. The first-order chi connectivity index (χ1) is 10.1. The van der Waals surface area contributed by atoms with E-state index in [-0.39, 0.29) is 12.6 Å². The molecule has 1 atom stereocenters. The lowest BCUT2D eigenvalue weighted by Gasteiger charge is -2.26. The molecule has 110 valence electrons. The van der Waals surface area contributed by atoms with Crippen molar-refractivity contribution in [3.63, 3.8) is 0 Å². The van der Waals surface area contributed by atoms with Crippen molar-refractivity contribution in [2.45, 2.75) is 19.6 Å². The minimum atomic E-state index is -0.0488. The first-order valence-electron chi connectivity index (χ1n) is 6.66. The van der Waals surface area contributed by atoms with E-state index in [0.717, 1.165) is 27.1 Å². The molecule has 0 aliphatic rings. The molecule has 0 amide bonds. The average Bonchev–Trinajstić information content (AvgIpc) is 3.06. The lowest BCUT2D eigenvalue weighted by molar-refractivity contribution is 0.276. The van der Waals surface area contributed by atoms with Crippen molar-refractivity contribution in [1.29, 1.82) is 0 Å². The molecule has 21 heavy (non-hydrogen) atoms. The van der Waals surface area contributed by atoms with E-state index in [1.807, 2.05) is 52.2 Å². The highest BCUT2D eigenvalue weighted by atomic mass is 35.5. The SMILES string of the molecule is CC(c1ccccc1Cl)N(C)c1nc2sccn2c1CO. The molecule has 0 saturated heterocycles. The van der Waals surface area contributed by atoms with Crippen molar-refractivity contribution in [2.75, 3.05) is 11.9 Å². The summed E-state index contributed by atoms with van der Waals surface area (Å²) in [6, 6.07) is 7.86. The normalized spacial score (nSPS) is 12.8. The number of hydrogen-bond donors (Lipinski definition) is 1. The third kappa shape index (κ3) is 2.41. The minimum Gasteiger partial charge on any atom is -0.390 e. The number of halogens is 1. The van der Waals surface area contributed by atoms with Crippen LogP contribution in [0.3, 0.4) is 0 Å². The van der Waals surface area contributed by atoms with E-state index >= 15 is 0 Å². The molecule has 0 saturated carbocycles. The summed E-state index contributed by atoms with van der Waals surface area (Å²) in [7, 11) is 1.97. The Morgan fingerprint density at radius 3 is 2.90 bits per heavy atom. The quantitative estimate of drug-likeness (QED) is 0.796. The van der Waals surface area contributed by atoms with Crippen LogP contribution in [0.25, 0.3) is 4.96 Å². The summed E-state index contributed by atoms with van der Waals surface area (Å²) in [6.07, 6.45) is 1.93. The van der Waals surface area contributed by atoms with Gasteiger partial charge >= 0.3 is 0 Å². The van der Waals surface area contributed by atoms with Gasteiger partial charge in [-0.3, -0.25) is 4.40 Å². The van der Waals surface area contributed by atoms with Gasteiger partial charge in [-0.25, -0.2) is 4.98 Å². The number of imidazole rings is 1. The molecule has 3 aromatic rings. The number of nitrogens with zero attached hydrogens (tertiary/aromatic N) is 3. The van der Waals surface area contributed by atoms with E-state index in [1.54, 1.807) is 11.3 Å². The van der Waals surface area contributed by atoms with Crippen molar-refractivity contribution in [3.05, 3.63) is 52.1 Å². The summed E-state index contributed by atoms with van der Waals surface area (Å²) in [5.74, 6) is 0.789. The Kier molecular flexibility index (Phi) is 3.89. The number of aromatic nitrogens is 2. The molecule has 3 rings (SSSR count). The van der Waals surface area contributed by atoms with Gasteiger partial charge in [0.15, 0.2) is 10.8 Å². The molecule has 0 radical (unpaired) electrons. The van der Waals surface area contributed by atoms with Gasteiger partial charge in [0.2, 0.25) is 0 Å². The number of hydrogen-bond acceptors (Lipinski definition) is 4. The summed E-state index contributed by atoms with van der Waals surface area (Å²) in [4.78, 5) is 7.55. The van der Waals surface area contributed by atoms with E-state index in [2.05, 4.69) is 11.9 Å². The molecule has 2 heterocycles. The van der Waals surface area contributed by atoms with Gasteiger partial charge in [-0.1, -0.05) is 29.8 Å². The molecule has 1 unspecified atom stereocenters. The van der Waals surface area contributed by atoms with Crippen LogP contribution in [0.15, 0.2) is 35.8 Å². The van der Waals surface area contributed by atoms with Crippen LogP contribution >= 0.6 is 22.9 Å². The molecule has 1 aromatic carbocycles. The maximum atomic E-state index is 9.67. The molecule has 4 nitrogen and oxygen atoms in total. The maximum absolute atomic E-state index is 9.67. The second-order valence-corrected chi connectivity index (χ2v) is 6.18.